The van der Waals surface area contributed by atoms with E-state index in [-0.39, 0.29) is 12.3 Å². The third-order valence-electron chi connectivity index (χ3n) is 4.30. The van der Waals surface area contributed by atoms with Crippen molar-refractivity contribution in [2.45, 2.75) is 13.0 Å². The van der Waals surface area contributed by atoms with Gasteiger partial charge in [0, 0.05) is 6.54 Å². The normalized spacial score (nSPS) is 16.0. The molecule has 5 heteroatoms. The Morgan fingerprint density at radius 3 is 1.96 bits per heavy atom. The summed E-state index contributed by atoms with van der Waals surface area (Å²) in [6, 6.07) is 15.3. The first-order valence-electron chi connectivity index (χ1n) is 7.69. The van der Waals surface area contributed by atoms with Crippen molar-refractivity contribution >= 4 is 17.6 Å². The Labute approximate surface area is 139 Å². The summed E-state index contributed by atoms with van der Waals surface area (Å²) in [5.41, 5.74) is 1.24. The molecule has 3 rings (SSSR count). The van der Waals surface area contributed by atoms with Crippen LogP contribution in [0.2, 0.25) is 0 Å². The van der Waals surface area contributed by atoms with Gasteiger partial charge < -0.3 is 5.11 Å². The second-order valence-electron chi connectivity index (χ2n) is 5.84. The first-order chi connectivity index (χ1) is 11.5. The van der Waals surface area contributed by atoms with Gasteiger partial charge in [0.05, 0.1) is 23.1 Å². The molecule has 0 saturated carbocycles. The molecule has 2 unspecified atom stereocenters. The van der Waals surface area contributed by atoms with Crippen LogP contribution < -0.4 is 0 Å². The zero-order valence-corrected chi connectivity index (χ0v) is 13.2. The molecule has 2 atom stereocenters. The summed E-state index contributed by atoms with van der Waals surface area (Å²) in [6.07, 6.45) is -1.08. The number of hydrogen-bond acceptors (Lipinski definition) is 4. The van der Waals surface area contributed by atoms with Gasteiger partial charge in [0.1, 0.15) is 5.78 Å². The highest BCUT2D eigenvalue weighted by Gasteiger charge is 2.39. The summed E-state index contributed by atoms with van der Waals surface area (Å²) in [6.45, 7) is 1.22. The third kappa shape index (κ3) is 2.74. The van der Waals surface area contributed by atoms with Crippen molar-refractivity contribution in [3.63, 3.8) is 0 Å². The van der Waals surface area contributed by atoms with Crippen LogP contribution in [0.5, 0.6) is 0 Å². The van der Waals surface area contributed by atoms with E-state index in [2.05, 4.69) is 0 Å². The molecule has 2 aromatic carbocycles. The monoisotopic (exact) mass is 323 g/mol. The third-order valence-corrected chi connectivity index (χ3v) is 4.30. The van der Waals surface area contributed by atoms with E-state index in [9.17, 15) is 19.5 Å². The Kier molecular flexibility index (Phi) is 4.27. The fourth-order valence-corrected chi connectivity index (χ4v) is 2.93. The zero-order chi connectivity index (χ0) is 17.3. The summed E-state index contributed by atoms with van der Waals surface area (Å²) < 4.78 is 0. The lowest BCUT2D eigenvalue weighted by Gasteiger charge is -2.25. The fraction of sp³-hybridized carbons (Fsp3) is 0.211. The van der Waals surface area contributed by atoms with E-state index in [4.69, 9.17) is 0 Å². The van der Waals surface area contributed by atoms with Crippen molar-refractivity contribution in [2.75, 3.05) is 6.54 Å². The van der Waals surface area contributed by atoms with Crippen LogP contribution in [0.25, 0.3) is 0 Å². The van der Waals surface area contributed by atoms with E-state index in [0.29, 0.717) is 16.7 Å². The summed E-state index contributed by atoms with van der Waals surface area (Å²) in [5.74, 6) is -2.00. The summed E-state index contributed by atoms with van der Waals surface area (Å²) in [4.78, 5) is 37.9. The van der Waals surface area contributed by atoms with Crippen molar-refractivity contribution in [3.05, 3.63) is 71.3 Å². The number of aliphatic hydroxyl groups is 1. The molecule has 1 heterocycles. The van der Waals surface area contributed by atoms with Crippen molar-refractivity contribution in [1.29, 1.82) is 0 Å². The number of aliphatic hydroxyl groups excluding tert-OH is 1. The minimum atomic E-state index is -1.08. The zero-order valence-electron chi connectivity index (χ0n) is 13.2. The van der Waals surface area contributed by atoms with Gasteiger partial charge in [-0.05, 0) is 24.6 Å². The number of carbonyl (C=O) groups is 3. The molecular weight excluding hydrogens is 306 g/mol. The lowest BCUT2D eigenvalue weighted by atomic mass is 9.92. The standard InChI is InChI=1S/C19H17NO4/c1-12(21)16(17(22)13-7-3-2-4-8-13)11-20-18(23)14-9-5-6-10-15(14)19(20)24/h2-10,16-17,22H,11H2,1H3. The Balaban J connectivity index is 1.87. The molecule has 1 N–H and O–H groups in total. The number of fused-ring (bicyclic) bond motifs is 1. The molecule has 2 aromatic rings. The van der Waals surface area contributed by atoms with Crippen LogP contribution in [0.15, 0.2) is 54.6 Å². The largest absolute Gasteiger partial charge is 0.388 e. The van der Waals surface area contributed by atoms with Gasteiger partial charge in [0.15, 0.2) is 0 Å². The van der Waals surface area contributed by atoms with Gasteiger partial charge in [0.25, 0.3) is 11.8 Å². The molecule has 0 spiro atoms. The van der Waals surface area contributed by atoms with Gasteiger partial charge >= 0.3 is 0 Å². The van der Waals surface area contributed by atoms with Gasteiger partial charge in [-0.2, -0.15) is 0 Å². The predicted molar refractivity (Wildman–Crippen MR) is 87.4 cm³/mol. The molecule has 0 fully saturated rings. The molecule has 1 aliphatic rings. The Morgan fingerprint density at radius 1 is 0.958 bits per heavy atom. The fourth-order valence-electron chi connectivity index (χ4n) is 2.93. The molecule has 2 amide bonds. The van der Waals surface area contributed by atoms with Crippen LogP contribution in [-0.2, 0) is 4.79 Å². The second kappa shape index (κ2) is 6.37. The molecule has 5 nitrogen and oxygen atoms in total. The van der Waals surface area contributed by atoms with Crippen molar-refractivity contribution < 1.29 is 19.5 Å². The molecule has 122 valence electrons. The first-order valence-corrected chi connectivity index (χ1v) is 7.69. The number of Topliss-reactive ketones (excluding diaryl/α,β-unsaturated/α-hetero) is 1. The topological polar surface area (TPSA) is 74.7 Å². The van der Waals surface area contributed by atoms with Gasteiger partial charge in [-0.3, -0.25) is 19.3 Å². The maximum Gasteiger partial charge on any atom is 0.261 e. The maximum absolute atomic E-state index is 12.4. The number of carbonyl (C=O) groups excluding carboxylic acids is 3. The minimum absolute atomic E-state index is 0.141. The summed E-state index contributed by atoms with van der Waals surface area (Å²) in [7, 11) is 0. The quantitative estimate of drug-likeness (QED) is 0.856. The number of ketones is 1. The smallest absolute Gasteiger partial charge is 0.261 e. The molecule has 0 aliphatic carbocycles. The Hall–Kier alpha value is -2.79. The molecule has 1 aliphatic heterocycles. The van der Waals surface area contributed by atoms with Crippen LogP contribution in [0.4, 0.5) is 0 Å². The van der Waals surface area contributed by atoms with E-state index >= 15 is 0 Å². The van der Waals surface area contributed by atoms with Crippen LogP contribution in [0, 0.1) is 5.92 Å². The van der Waals surface area contributed by atoms with Gasteiger partial charge in [-0.1, -0.05) is 42.5 Å². The molecule has 0 saturated heterocycles. The van der Waals surface area contributed by atoms with E-state index in [1.165, 1.54) is 6.92 Å². The molecule has 24 heavy (non-hydrogen) atoms. The average Bonchev–Trinajstić information content (AvgIpc) is 2.84. The van der Waals surface area contributed by atoms with Crippen molar-refractivity contribution in [3.8, 4) is 0 Å². The number of rotatable bonds is 5. The van der Waals surface area contributed by atoms with Crippen LogP contribution in [-0.4, -0.2) is 34.1 Å². The van der Waals surface area contributed by atoms with Crippen LogP contribution in [0.3, 0.4) is 0 Å². The number of hydrogen-bond donors (Lipinski definition) is 1. The predicted octanol–water partition coefficient (Wildman–Crippen LogP) is 2.22. The second-order valence-corrected chi connectivity index (χ2v) is 5.84. The Bertz CT molecular complexity index is 765. The highest BCUT2D eigenvalue weighted by Crippen LogP contribution is 2.28. The first kappa shape index (κ1) is 16.1. The number of nitrogens with zero attached hydrogens (tertiary/aromatic N) is 1. The van der Waals surface area contributed by atoms with Crippen molar-refractivity contribution in [1.82, 2.24) is 4.90 Å². The maximum atomic E-state index is 12.4. The minimum Gasteiger partial charge on any atom is -0.388 e. The number of benzene rings is 2. The Morgan fingerprint density at radius 2 is 1.46 bits per heavy atom. The van der Waals surface area contributed by atoms with Crippen molar-refractivity contribution in [2.24, 2.45) is 5.92 Å². The van der Waals surface area contributed by atoms with E-state index < -0.39 is 23.8 Å². The van der Waals surface area contributed by atoms with E-state index in [1.807, 2.05) is 6.07 Å². The van der Waals surface area contributed by atoms with Gasteiger partial charge in [-0.15, -0.1) is 0 Å². The molecule has 0 radical (unpaired) electrons. The average molecular weight is 323 g/mol. The molecular formula is C19H17NO4. The highest BCUT2D eigenvalue weighted by molar-refractivity contribution is 6.21. The molecule has 0 aromatic heterocycles. The number of imide groups is 1. The van der Waals surface area contributed by atoms with Crippen LogP contribution in [0.1, 0.15) is 39.3 Å². The van der Waals surface area contributed by atoms with Gasteiger partial charge in [-0.25, -0.2) is 0 Å². The van der Waals surface area contributed by atoms with E-state index in [1.54, 1.807) is 48.5 Å². The van der Waals surface area contributed by atoms with Gasteiger partial charge in [0.2, 0.25) is 0 Å². The lowest BCUT2D eigenvalue weighted by molar-refractivity contribution is -0.124. The summed E-state index contributed by atoms with van der Waals surface area (Å²) in [5, 5.41) is 10.5. The summed E-state index contributed by atoms with van der Waals surface area (Å²) >= 11 is 0. The van der Waals surface area contributed by atoms with E-state index in [0.717, 1.165) is 4.90 Å². The SMILES string of the molecule is CC(=O)C(CN1C(=O)c2ccccc2C1=O)C(O)c1ccccc1. The highest BCUT2D eigenvalue weighted by atomic mass is 16.3. The number of amides is 2. The molecule has 0 bridgehead atoms. The lowest BCUT2D eigenvalue weighted by Crippen LogP contribution is -2.39. The van der Waals surface area contributed by atoms with Crippen LogP contribution >= 0.6 is 0 Å².